The van der Waals surface area contributed by atoms with Gasteiger partial charge in [0.05, 0.1) is 37.1 Å². The van der Waals surface area contributed by atoms with E-state index >= 15 is 0 Å². The van der Waals surface area contributed by atoms with E-state index in [4.69, 9.17) is 33.5 Å². The first-order chi connectivity index (χ1) is 28.3. The monoisotopic (exact) mass is 843 g/mol. The minimum Gasteiger partial charge on any atom is -0.459 e. The lowest BCUT2D eigenvalue weighted by atomic mass is 9.73. The third-order valence-corrected chi connectivity index (χ3v) is 12.9. The highest BCUT2D eigenvalue weighted by molar-refractivity contribution is 6.01. The number of nitrogens with zero attached hydrogens (tertiary/aromatic N) is 5. The Labute approximate surface area is 355 Å². The molecule has 4 aliphatic heterocycles. The Balaban J connectivity index is 1.60. The second-order valence-electron chi connectivity index (χ2n) is 18.1. The zero-order valence-electron chi connectivity index (χ0n) is 37.4. The molecule has 3 saturated heterocycles. The van der Waals surface area contributed by atoms with Gasteiger partial charge in [0.25, 0.3) is 5.91 Å². The molecule has 4 bridgehead atoms. The van der Waals surface area contributed by atoms with Crippen molar-refractivity contribution in [3.8, 4) is 0 Å². The van der Waals surface area contributed by atoms with Gasteiger partial charge in [-0.3, -0.25) is 19.4 Å². The fraction of sp³-hybridized carbons (Fsp3) is 0.773. The summed E-state index contributed by atoms with van der Waals surface area (Å²) in [5.74, 6) is -5.32. The SMILES string of the molecule is CC[C@H]1OC(=O)[C@H](C)C(=O)[C@H](C)[C@@H](O[C@@H]2O[C@H](C)C[C@H](N(C)C)[C@H]2O)[C@@]2(C)C[C@@H](C)C3=NC(=O)C(CCN(C)CCc4ccccn4)O/N=C(/CO[C@H]([C@H]3C)[C@]1(C)O)CO2. The van der Waals surface area contributed by atoms with Crippen LogP contribution >= 0.6 is 0 Å². The van der Waals surface area contributed by atoms with Crippen LogP contribution in [-0.4, -0.2) is 162 Å². The first kappa shape index (κ1) is 47.8. The number of aromatic nitrogens is 1. The first-order valence-corrected chi connectivity index (χ1v) is 21.6. The van der Waals surface area contributed by atoms with Gasteiger partial charge in [-0.2, -0.15) is 0 Å². The molecule has 1 amide bonds. The van der Waals surface area contributed by atoms with E-state index in [1.807, 2.05) is 71.9 Å². The second-order valence-corrected chi connectivity index (χ2v) is 18.1. The van der Waals surface area contributed by atoms with Gasteiger partial charge in [-0.15, -0.1) is 0 Å². The zero-order valence-corrected chi connectivity index (χ0v) is 37.4. The van der Waals surface area contributed by atoms with Crippen molar-refractivity contribution in [3.05, 3.63) is 30.1 Å². The lowest BCUT2D eigenvalue weighted by Crippen LogP contribution is -2.60. The Hall–Kier alpha value is -3.22. The summed E-state index contributed by atoms with van der Waals surface area (Å²) in [5, 5.41) is 28.5. The summed E-state index contributed by atoms with van der Waals surface area (Å²) in [6.45, 7) is 14.8. The lowest BCUT2D eigenvalue weighted by Gasteiger charge is -2.47. The van der Waals surface area contributed by atoms with E-state index in [1.54, 1.807) is 27.0 Å². The Bertz CT molecular complexity index is 1690. The molecule has 5 rings (SSSR count). The van der Waals surface area contributed by atoms with Crippen LogP contribution in [0.15, 0.2) is 34.5 Å². The minimum absolute atomic E-state index is 0.168. The van der Waals surface area contributed by atoms with Crippen molar-refractivity contribution in [3.63, 3.8) is 0 Å². The number of esters is 1. The molecule has 2 N–H and O–H groups in total. The molecule has 0 spiro atoms. The van der Waals surface area contributed by atoms with Crippen LogP contribution in [-0.2, 0) is 49.3 Å². The van der Waals surface area contributed by atoms with Crippen molar-refractivity contribution < 1.29 is 53.1 Å². The largest absolute Gasteiger partial charge is 0.459 e. The summed E-state index contributed by atoms with van der Waals surface area (Å²) in [7, 11) is 5.72. The number of cyclic esters (lactones) is 1. The van der Waals surface area contributed by atoms with E-state index in [0.717, 1.165) is 12.1 Å². The molecule has 0 aliphatic carbocycles. The highest BCUT2D eigenvalue weighted by Crippen LogP contribution is 2.40. The normalized spacial score (nSPS) is 39.5. The van der Waals surface area contributed by atoms with Gasteiger partial charge in [-0.1, -0.05) is 38.9 Å². The van der Waals surface area contributed by atoms with Crippen LogP contribution in [0, 0.1) is 23.7 Å². The molecule has 1 unspecified atom stereocenters. The third-order valence-electron chi connectivity index (χ3n) is 12.9. The number of carbonyl (C=O) groups is 3. The number of fused-ring (bicyclic) bond motifs is 4. The smallest absolute Gasteiger partial charge is 0.316 e. The number of ether oxygens (including phenoxy) is 5. The summed E-state index contributed by atoms with van der Waals surface area (Å²) in [5.41, 5.74) is -1.53. The molecular formula is C44H69N5O11. The van der Waals surface area contributed by atoms with Crippen molar-refractivity contribution in [1.82, 2.24) is 14.8 Å². The van der Waals surface area contributed by atoms with E-state index in [0.29, 0.717) is 25.2 Å². The van der Waals surface area contributed by atoms with Crippen LogP contribution in [0.3, 0.4) is 0 Å². The summed E-state index contributed by atoms with van der Waals surface area (Å²) >= 11 is 0. The number of ketones is 1. The molecule has 1 aromatic rings. The van der Waals surface area contributed by atoms with Crippen molar-refractivity contribution in [2.45, 2.75) is 148 Å². The number of aliphatic hydroxyl groups excluding tert-OH is 1. The summed E-state index contributed by atoms with van der Waals surface area (Å²) in [4.78, 5) is 62.0. The van der Waals surface area contributed by atoms with Crippen LogP contribution in [0.4, 0.5) is 0 Å². The van der Waals surface area contributed by atoms with E-state index in [1.165, 1.54) is 6.92 Å². The third kappa shape index (κ3) is 11.0. The van der Waals surface area contributed by atoms with Crippen molar-refractivity contribution in [1.29, 1.82) is 0 Å². The van der Waals surface area contributed by atoms with Crippen molar-refractivity contribution in [2.24, 2.45) is 33.8 Å². The molecule has 1 aromatic heterocycles. The average Bonchev–Trinajstić information content (AvgIpc) is 3.24. The molecule has 60 heavy (non-hydrogen) atoms. The van der Waals surface area contributed by atoms with E-state index < -0.39 is 89.3 Å². The molecule has 0 saturated carbocycles. The number of hydrogen-bond donors (Lipinski definition) is 2. The van der Waals surface area contributed by atoms with Gasteiger partial charge in [0, 0.05) is 61.4 Å². The minimum atomic E-state index is -1.82. The highest BCUT2D eigenvalue weighted by Gasteiger charge is 2.53. The summed E-state index contributed by atoms with van der Waals surface area (Å²) in [6.07, 6.45) is -3.16. The summed E-state index contributed by atoms with van der Waals surface area (Å²) in [6, 6.07) is 5.50. The van der Waals surface area contributed by atoms with E-state index in [2.05, 4.69) is 15.0 Å². The number of amides is 1. The molecule has 336 valence electrons. The molecule has 5 heterocycles. The van der Waals surface area contributed by atoms with Gasteiger partial charge in [0.1, 0.15) is 29.4 Å². The standard InChI is InChI=1S/C44H69N5O11/c1-12-34-44(8,54)39-27(4)35-25(2)22-43(7,38(28(5)36(50)29(6)41(53)58-34)59-42-37(51)32(48(9)10)21-26(3)57-42)56-24-31(23-55-39)47-60-33(40(52)46-35)17-20-49(11)19-16-30-15-13-14-18-45-30/h13-15,18,25-29,32-34,37-39,42,51,54H,12,16-17,19-24H2,1-11H3/b46-35?,47-31-/t25-,26-,27+,28+,29-,32+,33?,34-,37-,38-,39-,42+,43-,44-/m1/s1. The number of aliphatic imine (C=N–C) groups is 1. The maximum atomic E-state index is 14.5. The number of aliphatic hydroxyl groups is 2. The number of Topliss-reactive ketones (excluding diaryl/α,β-unsaturated/α-hetero) is 1. The lowest BCUT2D eigenvalue weighted by molar-refractivity contribution is -0.296. The predicted octanol–water partition coefficient (Wildman–Crippen LogP) is 3.24. The number of pyridine rings is 1. The van der Waals surface area contributed by atoms with E-state index in [-0.39, 0.29) is 50.3 Å². The Morgan fingerprint density at radius 1 is 1.00 bits per heavy atom. The van der Waals surface area contributed by atoms with Crippen LogP contribution < -0.4 is 0 Å². The zero-order chi connectivity index (χ0) is 44.1. The molecule has 0 radical (unpaired) electrons. The number of rotatable bonds is 10. The number of carbonyl (C=O) groups excluding carboxylic acids is 3. The fourth-order valence-corrected chi connectivity index (χ4v) is 9.28. The molecule has 16 heteroatoms. The van der Waals surface area contributed by atoms with Gasteiger partial charge >= 0.3 is 5.97 Å². The maximum Gasteiger partial charge on any atom is 0.316 e. The van der Waals surface area contributed by atoms with Gasteiger partial charge in [0.2, 0.25) is 6.10 Å². The fourth-order valence-electron chi connectivity index (χ4n) is 9.28. The molecule has 0 aromatic carbocycles. The highest BCUT2D eigenvalue weighted by atomic mass is 16.7. The number of hydrogen-bond acceptors (Lipinski definition) is 15. The molecule has 14 atom stereocenters. The quantitative estimate of drug-likeness (QED) is 0.258. The van der Waals surface area contributed by atoms with Gasteiger partial charge < -0.3 is 48.5 Å². The van der Waals surface area contributed by atoms with Crippen LogP contribution in [0.2, 0.25) is 0 Å². The van der Waals surface area contributed by atoms with Crippen LogP contribution in [0.25, 0.3) is 0 Å². The van der Waals surface area contributed by atoms with Crippen LogP contribution in [0.5, 0.6) is 0 Å². The topological polar surface area (TPSA) is 191 Å². The van der Waals surface area contributed by atoms with Crippen LogP contribution in [0.1, 0.15) is 86.8 Å². The molecule has 16 nitrogen and oxygen atoms in total. The van der Waals surface area contributed by atoms with Gasteiger partial charge in [-0.05, 0) is 86.2 Å². The molecule has 3 fully saturated rings. The number of oxime groups is 1. The Kier molecular flexibility index (Phi) is 16.2. The summed E-state index contributed by atoms with van der Waals surface area (Å²) < 4.78 is 32.5. The van der Waals surface area contributed by atoms with Crippen molar-refractivity contribution in [2.75, 3.05) is 47.4 Å². The second kappa shape index (κ2) is 20.3. The average molecular weight is 844 g/mol. The van der Waals surface area contributed by atoms with Gasteiger partial charge in [0.15, 0.2) is 12.1 Å². The predicted molar refractivity (Wildman–Crippen MR) is 223 cm³/mol. The van der Waals surface area contributed by atoms with E-state index in [9.17, 15) is 24.6 Å². The first-order valence-electron chi connectivity index (χ1n) is 21.6. The Morgan fingerprint density at radius 2 is 1.73 bits per heavy atom. The molecular weight excluding hydrogens is 775 g/mol. The van der Waals surface area contributed by atoms with Crippen molar-refractivity contribution >= 4 is 29.1 Å². The maximum absolute atomic E-state index is 14.5. The van der Waals surface area contributed by atoms with Gasteiger partial charge in [-0.25, -0.2) is 4.99 Å². The Morgan fingerprint density at radius 3 is 2.40 bits per heavy atom. The molecule has 4 aliphatic rings. The number of likely N-dealkylation sites (N-methyl/N-ethyl adjacent to an activating group) is 2.